The first-order valence-electron chi connectivity index (χ1n) is 9.06. The highest BCUT2D eigenvalue weighted by molar-refractivity contribution is 5.83. The van der Waals surface area contributed by atoms with Crippen molar-refractivity contribution in [3.05, 3.63) is 36.0 Å². The monoisotopic (exact) mass is 326 g/mol. The number of benzene rings is 1. The van der Waals surface area contributed by atoms with Crippen LogP contribution < -0.4 is 4.74 Å². The van der Waals surface area contributed by atoms with Gasteiger partial charge in [0, 0.05) is 24.2 Å². The summed E-state index contributed by atoms with van der Waals surface area (Å²) in [5.41, 5.74) is 1.89. The molecule has 5 atom stereocenters. The Kier molecular flexibility index (Phi) is 4.19. The Balaban J connectivity index is 1.68. The van der Waals surface area contributed by atoms with E-state index in [0.717, 1.165) is 53.6 Å². The van der Waals surface area contributed by atoms with E-state index in [1.165, 1.54) is 12.8 Å². The average molecular weight is 326 g/mol. The molecular weight excluding hydrogens is 300 g/mol. The highest BCUT2D eigenvalue weighted by Gasteiger charge is 2.42. The van der Waals surface area contributed by atoms with Gasteiger partial charge in [-0.2, -0.15) is 0 Å². The second-order valence-electron chi connectivity index (χ2n) is 7.24. The number of pyridine rings is 1. The number of methoxy groups -OCH3 is 1. The summed E-state index contributed by atoms with van der Waals surface area (Å²) < 4.78 is 5.36. The number of rotatable bonds is 4. The number of hydrogen-bond donors (Lipinski definition) is 1. The van der Waals surface area contributed by atoms with Crippen LogP contribution in [0, 0.1) is 11.8 Å². The maximum Gasteiger partial charge on any atom is 0.119 e. The first kappa shape index (κ1) is 15.9. The Morgan fingerprint density at radius 1 is 1.38 bits per heavy atom. The quantitative estimate of drug-likeness (QED) is 0.935. The predicted molar refractivity (Wildman–Crippen MR) is 95.1 cm³/mol. The maximum atomic E-state index is 11.2. The van der Waals surface area contributed by atoms with Gasteiger partial charge < -0.3 is 9.84 Å². The lowest BCUT2D eigenvalue weighted by Gasteiger charge is -2.51. The summed E-state index contributed by atoms with van der Waals surface area (Å²) in [6.45, 7) is 4.55. The van der Waals surface area contributed by atoms with E-state index in [2.05, 4.69) is 16.8 Å². The fraction of sp³-hybridized carbons (Fsp3) is 0.550. The van der Waals surface area contributed by atoms with Crippen molar-refractivity contribution in [2.24, 2.45) is 11.8 Å². The van der Waals surface area contributed by atoms with Crippen LogP contribution in [0.4, 0.5) is 0 Å². The molecule has 3 aliphatic rings. The number of ether oxygens (including phenoxy) is 1. The number of aliphatic hydroxyl groups is 1. The molecule has 2 bridgehead atoms. The fourth-order valence-corrected chi connectivity index (χ4v) is 4.71. The molecule has 3 aliphatic heterocycles. The molecule has 0 saturated carbocycles. The Morgan fingerprint density at radius 3 is 2.96 bits per heavy atom. The molecule has 128 valence electrons. The molecule has 1 aromatic carbocycles. The molecule has 4 nitrogen and oxygen atoms in total. The first-order chi connectivity index (χ1) is 11.7. The zero-order chi connectivity index (χ0) is 16.7. The van der Waals surface area contributed by atoms with Gasteiger partial charge in [0.2, 0.25) is 0 Å². The van der Waals surface area contributed by atoms with Crippen molar-refractivity contribution in [2.75, 3.05) is 20.2 Å². The number of aliphatic hydroxyl groups excluding tert-OH is 1. The number of aromatic nitrogens is 1. The third kappa shape index (κ3) is 2.58. The van der Waals surface area contributed by atoms with Crippen LogP contribution in [0.1, 0.15) is 37.9 Å². The summed E-state index contributed by atoms with van der Waals surface area (Å²) in [5, 5.41) is 12.2. The molecule has 4 heterocycles. The van der Waals surface area contributed by atoms with Crippen molar-refractivity contribution in [3.8, 4) is 5.75 Å². The molecule has 3 saturated heterocycles. The molecule has 0 radical (unpaired) electrons. The van der Waals surface area contributed by atoms with Crippen LogP contribution in [-0.2, 0) is 0 Å². The van der Waals surface area contributed by atoms with Crippen LogP contribution in [0.2, 0.25) is 0 Å². The summed E-state index contributed by atoms with van der Waals surface area (Å²) in [4.78, 5) is 6.94. The number of nitrogens with zero attached hydrogens (tertiary/aromatic N) is 2. The minimum Gasteiger partial charge on any atom is -0.497 e. The number of fused-ring (bicyclic) bond motifs is 4. The summed E-state index contributed by atoms with van der Waals surface area (Å²) in [6, 6.07) is 8.07. The zero-order valence-electron chi connectivity index (χ0n) is 14.5. The van der Waals surface area contributed by atoms with E-state index < -0.39 is 6.10 Å². The molecule has 3 fully saturated rings. The van der Waals surface area contributed by atoms with E-state index in [1.54, 1.807) is 13.3 Å². The second-order valence-corrected chi connectivity index (χ2v) is 7.24. The van der Waals surface area contributed by atoms with Gasteiger partial charge in [-0.25, -0.2) is 0 Å². The van der Waals surface area contributed by atoms with Crippen molar-refractivity contribution in [3.63, 3.8) is 0 Å². The average Bonchev–Trinajstić information content (AvgIpc) is 2.66. The van der Waals surface area contributed by atoms with Crippen molar-refractivity contribution < 1.29 is 9.84 Å². The van der Waals surface area contributed by atoms with E-state index in [0.29, 0.717) is 0 Å². The van der Waals surface area contributed by atoms with Gasteiger partial charge in [-0.3, -0.25) is 9.88 Å². The van der Waals surface area contributed by atoms with Gasteiger partial charge in [0.1, 0.15) is 5.75 Å². The Hall–Kier alpha value is -1.65. The Morgan fingerprint density at radius 2 is 2.25 bits per heavy atom. The number of hydrogen-bond acceptors (Lipinski definition) is 4. The second kappa shape index (κ2) is 6.34. The van der Waals surface area contributed by atoms with Crippen molar-refractivity contribution in [1.29, 1.82) is 0 Å². The van der Waals surface area contributed by atoms with Crippen LogP contribution in [0.5, 0.6) is 5.75 Å². The zero-order valence-corrected chi connectivity index (χ0v) is 14.5. The van der Waals surface area contributed by atoms with Crippen LogP contribution in [0.3, 0.4) is 0 Å². The molecular formula is C20H26N2O2. The van der Waals surface area contributed by atoms with Gasteiger partial charge in [-0.1, -0.05) is 13.3 Å². The molecule has 0 amide bonds. The molecule has 3 unspecified atom stereocenters. The molecule has 4 heteroatoms. The van der Waals surface area contributed by atoms with Gasteiger partial charge in [0.05, 0.1) is 18.7 Å². The van der Waals surface area contributed by atoms with E-state index in [-0.39, 0.29) is 6.04 Å². The normalized spacial score (nSPS) is 30.5. The molecule has 1 aromatic heterocycles. The first-order valence-corrected chi connectivity index (χ1v) is 9.06. The lowest BCUT2D eigenvalue weighted by atomic mass is 9.72. The Labute approximate surface area is 143 Å². The molecule has 24 heavy (non-hydrogen) atoms. The summed E-state index contributed by atoms with van der Waals surface area (Å²) in [6.07, 6.45) is 4.97. The fourth-order valence-electron chi connectivity index (χ4n) is 4.71. The van der Waals surface area contributed by atoms with E-state index >= 15 is 0 Å². The minimum absolute atomic E-state index is 0.225. The van der Waals surface area contributed by atoms with Gasteiger partial charge in [-0.05, 0) is 61.1 Å². The topological polar surface area (TPSA) is 45.6 Å². The van der Waals surface area contributed by atoms with Crippen LogP contribution in [0.25, 0.3) is 10.9 Å². The smallest absolute Gasteiger partial charge is 0.119 e. The van der Waals surface area contributed by atoms with Crippen LogP contribution >= 0.6 is 0 Å². The lowest BCUT2D eigenvalue weighted by molar-refractivity contribution is -0.0562. The molecule has 0 spiro atoms. The van der Waals surface area contributed by atoms with Crippen LogP contribution in [0.15, 0.2) is 30.5 Å². The highest BCUT2D eigenvalue weighted by Crippen LogP contribution is 2.42. The van der Waals surface area contributed by atoms with Crippen LogP contribution in [-0.4, -0.2) is 41.2 Å². The van der Waals surface area contributed by atoms with Crippen molar-refractivity contribution in [1.82, 2.24) is 9.88 Å². The van der Waals surface area contributed by atoms with Gasteiger partial charge in [0.15, 0.2) is 0 Å². The van der Waals surface area contributed by atoms with E-state index in [1.807, 2.05) is 24.3 Å². The number of piperidine rings is 3. The SMILES string of the molecule is CC[C@H]1CN2CCC1CC2[C@@H](O)c1ccnc2ccc(OC)cc12. The Bertz CT molecular complexity index is 733. The standard InChI is InChI=1S/C20H26N2O2/c1-3-13-12-22-9-7-14(13)10-19(22)20(23)16-6-8-21-18-5-4-15(24-2)11-17(16)18/h4-6,8,11,13-14,19-20,23H,3,7,9-10,12H2,1-2H3/t13-,14?,19?,20-/m0/s1. The third-order valence-electron chi connectivity index (χ3n) is 6.13. The van der Waals surface area contributed by atoms with Crippen molar-refractivity contribution >= 4 is 10.9 Å². The molecule has 2 aromatic rings. The predicted octanol–water partition coefficient (Wildman–Crippen LogP) is 3.40. The largest absolute Gasteiger partial charge is 0.497 e. The molecule has 1 N–H and O–H groups in total. The molecule has 5 rings (SSSR count). The van der Waals surface area contributed by atoms with Gasteiger partial charge in [0.25, 0.3) is 0 Å². The molecule has 0 aliphatic carbocycles. The van der Waals surface area contributed by atoms with E-state index in [4.69, 9.17) is 4.74 Å². The summed E-state index contributed by atoms with van der Waals surface area (Å²) in [5.74, 6) is 2.37. The van der Waals surface area contributed by atoms with E-state index in [9.17, 15) is 5.11 Å². The van der Waals surface area contributed by atoms with Gasteiger partial charge >= 0.3 is 0 Å². The third-order valence-corrected chi connectivity index (χ3v) is 6.13. The summed E-state index contributed by atoms with van der Waals surface area (Å²) in [7, 11) is 1.67. The minimum atomic E-state index is -0.469. The highest BCUT2D eigenvalue weighted by atomic mass is 16.5. The van der Waals surface area contributed by atoms with Gasteiger partial charge in [-0.15, -0.1) is 0 Å². The maximum absolute atomic E-state index is 11.2. The summed E-state index contributed by atoms with van der Waals surface area (Å²) >= 11 is 0. The van der Waals surface area contributed by atoms with Crippen molar-refractivity contribution in [2.45, 2.75) is 38.3 Å². The lowest BCUT2D eigenvalue weighted by Crippen LogP contribution is -2.55.